The molecule has 2 heterocycles. The largest absolute Gasteiger partial charge is 0.495 e. The zero-order chi connectivity index (χ0) is 22.9. The lowest BCUT2D eigenvalue weighted by atomic mass is 10.2. The molecular formula is C23H28N2O6S. The second kappa shape index (κ2) is 8.90. The summed E-state index contributed by atoms with van der Waals surface area (Å²) in [7, 11) is -2.01. The average molecular weight is 461 g/mol. The van der Waals surface area contributed by atoms with Crippen molar-refractivity contribution < 1.29 is 27.4 Å². The predicted molar refractivity (Wildman–Crippen MR) is 121 cm³/mol. The van der Waals surface area contributed by atoms with Crippen molar-refractivity contribution in [3.05, 3.63) is 36.4 Å². The third-order valence-corrected chi connectivity index (χ3v) is 6.87. The molecule has 2 aromatic rings. The van der Waals surface area contributed by atoms with E-state index in [-0.39, 0.29) is 16.9 Å². The summed E-state index contributed by atoms with van der Waals surface area (Å²) < 4.78 is 41.8. The molecule has 0 spiro atoms. The molecule has 1 unspecified atom stereocenters. The Morgan fingerprint density at radius 1 is 1.19 bits per heavy atom. The minimum absolute atomic E-state index is 0.0562. The van der Waals surface area contributed by atoms with Crippen LogP contribution in [-0.4, -0.2) is 64.9 Å². The van der Waals surface area contributed by atoms with Crippen molar-refractivity contribution in [1.82, 2.24) is 4.90 Å². The van der Waals surface area contributed by atoms with Gasteiger partial charge in [-0.25, -0.2) is 8.42 Å². The maximum atomic E-state index is 12.3. The van der Waals surface area contributed by atoms with Crippen LogP contribution in [0, 0.1) is 0 Å². The molecule has 172 valence electrons. The number of fused-ring (bicyclic) bond motifs is 1. The van der Waals surface area contributed by atoms with E-state index < -0.39 is 9.84 Å². The SMILES string of the molecule is CCC(=O)N1CCC(Oc2ccc3c(c2)N(c2ccc(OC)c(S(C)(=O)=O)c2)CCO3)C1. The Kier molecular flexibility index (Phi) is 6.19. The summed E-state index contributed by atoms with van der Waals surface area (Å²) in [6.45, 7) is 4.19. The summed E-state index contributed by atoms with van der Waals surface area (Å²) in [5, 5.41) is 0. The van der Waals surface area contributed by atoms with Gasteiger partial charge in [0.1, 0.15) is 34.9 Å². The predicted octanol–water partition coefficient (Wildman–Crippen LogP) is 3.02. The number of benzene rings is 2. The van der Waals surface area contributed by atoms with E-state index in [1.165, 1.54) is 13.4 Å². The lowest BCUT2D eigenvalue weighted by Gasteiger charge is -2.32. The minimum Gasteiger partial charge on any atom is -0.495 e. The van der Waals surface area contributed by atoms with Crippen molar-refractivity contribution >= 4 is 27.1 Å². The van der Waals surface area contributed by atoms with Gasteiger partial charge in [0.15, 0.2) is 9.84 Å². The van der Waals surface area contributed by atoms with E-state index in [1.807, 2.05) is 41.0 Å². The van der Waals surface area contributed by atoms with Crippen LogP contribution in [0.3, 0.4) is 0 Å². The molecule has 0 saturated carbocycles. The number of methoxy groups -OCH3 is 1. The van der Waals surface area contributed by atoms with Gasteiger partial charge in [0.25, 0.3) is 0 Å². The molecule has 0 aromatic heterocycles. The number of hydrogen-bond acceptors (Lipinski definition) is 7. The molecule has 2 aliphatic rings. The fraction of sp³-hybridized carbons (Fsp3) is 0.435. The van der Waals surface area contributed by atoms with Gasteiger partial charge >= 0.3 is 0 Å². The number of likely N-dealkylation sites (tertiary alicyclic amines) is 1. The molecule has 2 aliphatic heterocycles. The van der Waals surface area contributed by atoms with Crippen LogP contribution >= 0.6 is 0 Å². The van der Waals surface area contributed by atoms with Crippen LogP contribution in [0.25, 0.3) is 0 Å². The topological polar surface area (TPSA) is 85.4 Å². The molecule has 32 heavy (non-hydrogen) atoms. The van der Waals surface area contributed by atoms with Crippen LogP contribution in [0.1, 0.15) is 19.8 Å². The Bertz CT molecular complexity index is 1120. The number of hydrogen-bond donors (Lipinski definition) is 0. The van der Waals surface area contributed by atoms with Crippen LogP contribution in [-0.2, 0) is 14.6 Å². The van der Waals surface area contributed by atoms with Gasteiger partial charge in [0.05, 0.1) is 25.9 Å². The smallest absolute Gasteiger partial charge is 0.222 e. The van der Waals surface area contributed by atoms with Gasteiger partial charge in [-0.15, -0.1) is 0 Å². The summed E-state index contributed by atoms with van der Waals surface area (Å²) in [6, 6.07) is 10.8. The molecule has 0 N–H and O–H groups in total. The molecule has 0 radical (unpaired) electrons. The number of amides is 1. The Balaban J connectivity index is 1.61. The van der Waals surface area contributed by atoms with Crippen LogP contribution in [0.5, 0.6) is 17.2 Å². The zero-order valence-corrected chi connectivity index (χ0v) is 19.4. The first-order valence-corrected chi connectivity index (χ1v) is 12.6. The number of rotatable bonds is 6. The molecule has 0 aliphatic carbocycles. The van der Waals surface area contributed by atoms with Gasteiger partial charge < -0.3 is 24.0 Å². The molecular weight excluding hydrogens is 432 g/mol. The fourth-order valence-corrected chi connectivity index (χ4v) is 4.98. The Morgan fingerprint density at radius 3 is 2.72 bits per heavy atom. The molecule has 8 nitrogen and oxygen atoms in total. The highest BCUT2D eigenvalue weighted by atomic mass is 32.2. The van der Waals surface area contributed by atoms with E-state index in [0.717, 1.165) is 17.8 Å². The number of carbonyl (C=O) groups is 1. The van der Waals surface area contributed by atoms with Crippen molar-refractivity contribution in [2.75, 3.05) is 44.5 Å². The van der Waals surface area contributed by atoms with Crippen LogP contribution in [0.4, 0.5) is 11.4 Å². The van der Waals surface area contributed by atoms with Gasteiger partial charge in [0.2, 0.25) is 5.91 Å². The highest BCUT2D eigenvalue weighted by Gasteiger charge is 2.28. The van der Waals surface area contributed by atoms with Gasteiger partial charge in [-0.3, -0.25) is 4.79 Å². The van der Waals surface area contributed by atoms with Crippen LogP contribution < -0.4 is 19.1 Å². The van der Waals surface area contributed by atoms with Crippen molar-refractivity contribution in [1.29, 1.82) is 0 Å². The molecule has 9 heteroatoms. The van der Waals surface area contributed by atoms with E-state index in [0.29, 0.717) is 49.9 Å². The molecule has 1 atom stereocenters. The van der Waals surface area contributed by atoms with E-state index in [2.05, 4.69) is 0 Å². The second-order valence-electron chi connectivity index (χ2n) is 7.96. The maximum Gasteiger partial charge on any atom is 0.222 e. The second-order valence-corrected chi connectivity index (χ2v) is 9.94. The summed E-state index contributed by atoms with van der Waals surface area (Å²) in [4.78, 5) is 15.9. The van der Waals surface area contributed by atoms with E-state index in [9.17, 15) is 13.2 Å². The molecule has 4 rings (SSSR count). The number of nitrogens with zero attached hydrogens (tertiary/aromatic N) is 2. The summed E-state index contributed by atoms with van der Waals surface area (Å²) >= 11 is 0. The van der Waals surface area contributed by atoms with Crippen molar-refractivity contribution in [3.8, 4) is 17.2 Å². The Labute approximate surface area is 188 Å². The van der Waals surface area contributed by atoms with Gasteiger partial charge in [-0.05, 0) is 30.3 Å². The Morgan fingerprint density at radius 2 is 2.00 bits per heavy atom. The van der Waals surface area contributed by atoms with Crippen molar-refractivity contribution in [3.63, 3.8) is 0 Å². The van der Waals surface area contributed by atoms with Crippen molar-refractivity contribution in [2.45, 2.75) is 30.8 Å². The molecule has 1 saturated heterocycles. The summed E-state index contributed by atoms with van der Waals surface area (Å²) in [6.07, 6.45) is 2.40. The molecule has 1 amide bonds. The first-order valence-electron chi connectivity index (χ1n) is 10.7. The molecule has 2 aromatic carbocycles. The van der Waals surface area contributed by atoms with Crippen LogP contribution in [0.2, 0.25) is 0 Å². The number of ether oxygens (including phenoxy) is 3. The standard InChI is InChI=1S/C23H28N2O6S/c1-4-23(26)24-10-9-18(15-24)31-17-6-8-20-19(14-17)25(11-12-30-20)16-5-7-21(29-2)22(13-16)32(3,27)28/h5-8,13-14,18H,4,9-12,15H2,1-3H3. The normalized spacial score (nSPS) is 18.2. The average Bonchev–Trinajstić information content (AvgIpc) is 3.25. The Hall–Kier alpha value is -2.94. The first-order chi connectivity index (χ1) is 15.3. The highest BCUT2D eigenvalue weighted by molar-refractivity contribution is 7.90. The van der Waals surface area contributed by atoms with E-state index in [4.69, 9.17) is 14.2 Å². The molecule has 0 bridgehead atoms. The fourth-order valence-electron chi connectivity index (χ4n) is 4.13. The van der Waals surface area contributed by atoms with Gasteiger partial charge in [0, 0.05) is 37.4 Å². The van der Waals surface area contributed by atoms with Gasteiger partial charge in [-0.2, -0.15) is 0 Å². The third kappa shape index (κ3) is 4.48. The first kappa shape index (κ1) is 22.3. The lowest BCUT2D eigenvalue weighted by molar-refractivity contribution is -0.130. The van der Waals surface area contributed by atoms with Crippen LogP contribution in [0.15, 0.2) is 41.3 Å². The number of carbonyl (C=O) groups excluding carboxylic acids is 1. The van der Waals surface area contributed by atoms with Gasteiger partial charge in [-0.1, -0.05) is 6.92 Å². The van der Waals surface area contributed by atoms with E-state index >= 15 is 0 Å². The lowest BCUT2D eigenvalue weighted by Crippen LogP contribution is -2.30. The number of anilines is 2. The van der Waals surface area contributed by atoms with E-state index in [1.54, 1.807) is 12.1 Å². The minimum atomic E-state index is -3.46. The number of sulfone groups is 1. The highest BCUT2D eigenvalue weighted by Crippen LogP contribution is 2.41. The summed E-state index contributed by atoms with van der Waals surface area (Å²) in [5.41, 5.74) is 1.53. The monoisotopic (exact) mass is 460 g/mol. The summed E-state index contributed by atoms with van der Waals surface area (Å²) in [5.74, 6) is 1.85. The molecule has 1 fully saturated rings. The third-order valence-electron chi connectivity index (χ3n) is 5.75. The van der Waals surface area contributed by atoms with Crippen molar-refractivity contribution in [2.24, 2.45) is 0 Å². The zero-order valence-electron chi connectivity index (χ0n) is 18.5. The maximum absolute atomic E-state index is 12.3. The quantitative estimate of drug-likeness (QED) is 0.655.